The van der Waals surface area contributed by atoms with Gasteiger partial charge in [-0.05, 0) is 12.8 Å². The van der Waals surface area contributed by atoms with Crippen molar-refractivity contribution in [2.75, 3.05) is 54.2 Å². The Morgan fingerprint density at radius 3 is 1.92 bits per heavy atom. The molecule has 142 valence electrons. The van der Waals surface area contributed by atoms with Crippen molar-refractivity contribution in [1.29, 1.82) is 5.26 Å². The molecule has 0 saturated carbocycles. The van der Waals surface area contributed by atoms with E-state index >= 15 is 0 Å². The predicted molar refractivity (Wildman–Crippen MR) is 85.9 cm³/mol. The van der Waals surface area contributed by atoms with Crippen LogP contribution in [0.1, 0.15) is 19.3 Å². The number of esters is 1. The Hall–Kier alpha value is -1.32. The van der Waals surface area contributed by atoms with E-state index in [2.05, 4.69) is 11.7 Å². The molecule has 0 aliphatic rings. The zero-order valence-corrected chi connectivity index (χ0v) is 14.5. The molecule has 0 aromatic carbocycles. The van der Waals surface area contributed by atoms with Crippen LogP contribution < -0.4 is 17.4 Å². The number of hydrogen-bond donors (Lipinski definition) is 3. The summed E-state index contributed by atoms with van der Waals surface area (Å²) in [4.78, 5) is 12.3. The highest BCUT2D eigenvalue weighted by Gasteiger charge is 2.38. The molecule has 6 N–H and O–H groups in total. The first-order chi connectivity index (χ1) is 11.7. The second-order valence-corrected chi connectivity index (χ2v) is 4.66. The number of nitrogens with zero attached hydrogens (tertiary/aromatic N) is 1. The van der Waals surface area contributed by atoms with Crippen molar-refractivity contribution in [3.05, 3.63) is 0 Å². The molecule has 0 spiro atoms. The number of hydrogen-bond acceptors (Lipinski definition) is 10. The largest absolute Gasteiger partial charge is 0.464 e. The molecule has 0 fully saturated rings. The van der Waals surface area contributed by atoms with Gasteiger partial charge in [-0.15, -0.1) is 0 Å². The van der Waals surface area contributed by atoms with Crippen molar-refractivity contribution in [2.24, 2.45) is 22.8 Å². The number of ether oxygens (including phenoxy) is 5. The maximum Gasteiger partial charge on any atom is 0.313 e. The molecule has 0 aromatic heterocycles. The normalized spacial score (nSPS) is 10.5. The molecule has 0 atom stereocenters. The van der Waals surface area contributed by atoms with Gasteiger partial charge in [0.05, 0.1) is 31.1 Å². The van der Waals surface area contributed by atoms with E-state index in [1.165, 1.54) is 14.2 Å². The van der Waals surface area contributed by atoms with Gasteiger partial charge in [0.2, 0.25) is 0 Å². The second-order valence-electron chi connectivity index (χ2n) is 4.66. The van der Waals surface area contributed by atoms with Crippen LogP contribution in [0.2, 0.25) is 0 Å². The van der Waals surface area contributed by atoms with Gasteiger partial charge in [0.15, 0.2) is 0 Å². The Bertz CT molecular complexity index is 326. The molecular weight excluding hydrogens is 320 g/mol. The molecule has 0 heterocycles. The van der Waals surface area contributed by atoms with E-state index in [4.69, 9.17) is 34.7 Å². The van der Waals surface area contributed by atoms with E-state index in [0.29, 0.717) is 26.1 Å². The molecule has 0 amide bonds. The van der Waals surface area contributed by atoms with Crippen LogP contribution in [-0.2, 0) is 28.5 Å². The summed E-state index contributed by atoms with van der Waals surface area (Å²) in [5.74, 6) is 7.56. The molecule has 10 heteroatoms. The summed E-state index contributed by atoms with van der Waals surface area (Å²) in [5, 5.41) is 8.51. The summed E-state index contributed by atoms with van der Waals surface area (Å²) < 4.78 is 25.2. The first kappa shape index (κ1) is 24.9. The number of nitrogens with two attached hydrogens (primary N) is 3. The number of methoxy groups -OCH3 is 2. The van der Waals surface area contributed by atoms with E-state index in [0.717, 1.165) is 0 Å². The summed E-state index contributed by atoms with van der Waals surface area (Å²) in [5.41, 5.74) is 4.90. The van der Waals surface area contributed by atoms with E-state index in [1.807, 2.05) is 6.07 Å². The molecule has 0 rings (SSSR count). The number of hydrazine groups is 1. The van der Waals surface area contributed by atoms with E-state index < -0.39 is 11.4 Å². The molecule has 0 aliphatic heterocycles. The first-order valence-electron chi connectivity index (χ1n) is 7.37. The quantitative estimate of drug-likeness (QED) is 0.119. The molecule has 0 aliphatic carbocycles. The van der Waals surface area contributed by atoms with Crippen molar-refractivity contribution in [3.63, 3.8) is 0 Å². The number of rotatable bonds is 14. The van der Waals surface area contributed by atoms with Crippen LogP contribution in [0, 0.1) is 16.7 Å². The standard InChI is InChI=1S/C14H26N2O6.H4N2/c1-18-11-20-8-4-14(10-16,5-9-21-12-19-2)13(17)22-7-3-6-15;1-2/h3-5,7-12,16H2,1-2H3;1-2H2. The summed E-state index contributed by atoms with van der Waals surface area (Å²) >= 11 is 0. The third kappa shape index (κ3) is 11.3. The van der Waals surface area contributed by atoms with Gasteiger partial charge in [-0.3, -0.25) is 16.5 Å². The monoisotopic (exact) mass is 350 g/mol. The number of carbonyl (C=O) groups is 1. The third-order valence-electron chi connectivity index (χ3n) is 3.12. The smallest absolute Gasteiger partial charge is 0.313 e. The topological polar surface area (TPSA) is 165 Å². The Morgan fingerprint density at radius 1 is 1.04 bits per heavy atom. The van der Waals surface area contributed by atoms with Crippen LogP contribution in [0.25, 0.3) is 0 Å². The lowest BCUT2D eigenvalue weighted by molar-refractivity contribution is -0.159. The first-order valence-corrected chi connectivity index (χ1v) is 7.37. The zero-order valence-electron chi connectivity index (χ0n) is 14.5. The highest BCUT2D eigenvalue weighted by molar-refractivity contribution is 5.77. The van der Waals surface area contributed by atoms with E-state index in [9.17, 15) is 4.79 Å². The van der Waals surface area contributed by atoms with Gasteiger partial charge in [0.25, 0.3) is 0 Å². The average molecular weight is 350 g/mol. The minimum atomic E-state index is -0.906. The number of carbonyl (C=O) groups excluding carboxylic acids is 1. The Balaban J connectivity index is 0. The zero-order chi connectivity index (χ0) is 18.7. The summed E-state index contributed by atoms with van der Waals surface area (Å²) in [6.07, 6.45) is 0.913. The second kappa shape index (κ2) is 18.0. The molecule has 0 unspecified atom stereocenters. The van der Waals surface area contributed by atoms with E-state index in [-0.39, 0.29) is 33.2 Å². The van der Waals surface area contributed by atoms with Gasteiger partial charge in [-0.25, -0.2) is 0 Å². The van der Waals surface area contributed by atoms with Crippen LogP contribution in [0.15, 0.2) is 0 Å². The highest BCUT2D eigenvalue weighted by atomic mass is 16.7. The maximum absolute atomic E-state index is 12.3. The van der Waals surface area contributed by atoms with Crippen molar-refractivity contribution in [1.82, 2.24) is 0 Å². The minimum absolute atomic E-state index is 0.0505. The molecule has 24 heavy (non-hydrogen) atoms. The van der Waals surface area contributed by atoms with Gasteiger partial charge in [0.1, 0.15) is 20.2 Å². The van der Waals surface area contributed by atoms with Crippen LogP contribution in [0.3, 0.4) is 0 Å². The van der Waals surface area contributed by atoms with Crippen molar-refractivity contribution < 1.29 is 28.5 Å². The van der Waals surface area contributed by atoms with Crippen molar-refractivity contribution in [3.8, 4) is 6.07 Å². The van der Waals surface area contributed by atoms with Gasteiger partial charge >= 0.3 is 5.97 Å². The van der Waals surface area contributed by atoms with Gasteiger partial charge in [-0.1, -0.05) is 0 Å². The Labute approximate surface area is 143 Å². The van der Waals surface area contributed by atoms with Crippen LogP contribution in [0.4, 0.5) is 0 Å². The van der Waals surface area contributed by atoms with Crippen LogP contribution >= 0.6 is 0 Å². The van der Waals surface area contributed by atoms with Crippen LogP contribution in [-0.4, -0.2) is 60.1 Å². The SMILES string of the molecule is COCOCCC(CN)(CCOCOC)C(=O)OCCC#N.NN. The fraction of sp³-hybridized carbons (Fsp3) is 0.857. The van der Waals surface area contributed by atoms with Crippen molar-refractivity contribution >= 4 is 5.97 Å². The third-order valence-corrected chi connectivity index (χ3v) is 3.12. The summed E-state index contributed by atoms with van der Waals surface area (Å²) in [6, 6.07) is 1.92. The van der Waals surface area contributed by atoms with Gasteiger partial charge in [0, 0.05) is 20.8 Å². The average Bonchev–Trinajstić information content (AvgIpc) is 2.62. The van der Waals surface area contributed by atoms with Crippen LogP contribution in [0.5, 0.6) is 0 Å². The molecule has 0 saturated heterocycles. The lowest BCUT2D eigenvalue weighted by atomic mass is 9.81. The maximum atomic E-state index is 12.3. The lowest BCUT2D eigenvalue weighted by Gasteiger charge is -2.30. The molecule has 0 bridgehead atoms. The predicted octanol–water partition coefficient (Wildman–Crippen LogP) is -0.772. The summed E-state index contributed by atoms with van der Waals surface area (Å²) in [6.45, 7) is 1.06. The lowest BCUT2D eigenvalue weighted by Crippen LogP contribution is -2.42. The molecule has 0 aromatic rings. The molecule has 0 radical (unpaired) electrons. The molecule has 10 nitrogen and oxygen atoms in total. The van der Waals surface area contributed by atoms with Gasteiger partial charge in [-0.2, -0.15) is 5.26 Å². The highest BCUT2D eigenvalue weighted by Crippen LogP contribution is 2.28. The minimum Gasteiger partial charge on any atom is -0.464 e. The van der Waals surface area contributed by atoms with E-state index in [1.54, 1.807) is 0 Å². The van der Waals surface area contributed by atoms with Gasteiger partial charge < -0.3 is 29.4 Å². The fourth-order valence-electron chi connectivity index (χ4n) is 1.78. The molecular formula is C14H30N4O6. The Kier molecular flexibility index (Phi) is 18.7. The fourth-order valence-corrected chi connectivity index (χ4v) is 1.78. The van der Waals surface area contributed by atoms with Crippen molar-refractivity contribution in [2.45, 2.75) is 19.3 Å². The Morgan fingerprint density at radius 2 is 1.54 bits per heavy atom. The summed E-state index contributed by atoms with van der Waals surface area (Å²) in [7, 11) is 3.04. The number of nitriles is 1.